The van der Waals surface area contributed by atoms with E-state index < -0.39 is 17.5 Å². The van der Waals surface area contributed by atoms with E-state index >= 15 is 0 Å². The van der Waals surface area contributed by atoms with Gasteiger partial charge < -0.3 is 5.32 Å². The number of nitrogens with one attached hydrogen (secondary N) is 1. The molecule has 0 heterocycles. The molecule has 0 bridgehead atoms. The zero-order valence-corrected chi connectivity index (χ0v) is 10.7. The van der Waals surface area contributed by atoms with Crippen LogP contribution in [0.4, 0.5) is 18.9 Å². The van der Waals surface area contributed by atoms with Crippen LogP contribution >= 0.6 is 0 Å². The number of nitriles is 1. The fraction of sp³-hybridized carbons (Fsp3) is 0.133. The molecule has 0 unspecified atom stereocenters. The predicted octanol–water partition coefficient (Wildman–Crippen LogP) is 3.90. The van der Waals surface area contributed by atoms with E-state index in [1.807, 2.05) is 13.0 Å². The minimum absolute atomic E-state index is 0.158. The van der Waals surface area contributed by atoms with Gasteiger partial charge in [0.1, 0.15) is 0 Å². The summed E-state index contributed by atoms with van der Waals surface area (Å²) in [6.45, 7) is 2.16. The molecule has 20 heavy (non-hydrogen) atoms. The molecule has 0 aromatic heterocycles. The van der Waals surface area contributed by atoms with Crippen molar-refractivity contribution in [2.24, 2.45) is 0 Å². The van der Waals surface area contributed by atoms with Gasteiger partial charge in [0.25, 0.3) is 0 Å². The van der Waals surface area contributed by atoms with E-state index in [4.69, 9.17) is 5.26 Å². The van der Waals surface area contributed by atoms with Gasteiger partial charge in [0, 0.05) is 24.4 Å². The van der Waals surface area contributed by atoms with Crippen LogP contribution in [0.2, 0.25) is 0 Å². The van der Waals surface area contributed by atoms with Crippen molar-refractivity contribution in [1.82, 2.24) is 0 Å². The van der Waals surface area contributed by atoms with Gasteiger partial charge in [-0.2, -0.15) is 5.26 Å². The summed E-state index contributed by atoms with van der Waals surface area (Å²) >= 11 is 0. The topological polar surface area (TPSA) is 35.8 Å². The number of aryl methyl sites for hydroxylation is 1. The van der Waals surface area contributed by atoms with Crippen LogP contribution in [0.5, 0.6) is 0 Å². The Morgan fingerprint density at radius 1 is 1.10 bits per heavy atom. The summed E-state index contributed by atoms with van der Waals surface area (Å²) < 4.78 is 38.9. The lowest BCUT2D eigenvalue weighted by molar-refractivity contribution is 0.447. The highest BCUT2D eigenvalue weighted by Crippen LogP contribution is 2.19. The first-order valence-electron chi connectivity index (χ1n) is 5.89. The van der Waals surface area contributed by atoms with Crippen molar-refractivity contribution in [3.05, 3.63) is 64.5 Å². The molecule has 0 spiro atoms. The van der Waals surface area contributed by atoms with Crippen molar-refractivity contribution < 1.29 is 13.2 Å². The summed E-state index contributed by atoms with van der Waals surface area (Å²) in [5.41, 5.74) is 2.48. The fourth-order valence-electron chi connectivity index (χ4n) is 1.82. The molecule has 2 nitrogen and oxygen atoms in total. The highest BCUT2D eigenvalue weighted by Gasteiger charge is 2.10. The molecule has 0 saturated carbocycles. The van der Waals surface area contributed by atoms with E-state index in [2.05, 4.69) is 5.32 Å². The molecule has 0 atom stereocenters. The van der Waals surface area contributed by atoms with Crippen molar-refractivity contribution in [1.29, 1.82) is 5.26 Å². The number of hydrogen-bond donors (Lipinski definition) is 1. The molecule has 0 amide bonds. The molecule has 1 N–H and O–H groups in total. The number of nitrogens with zero attached hydrogens (tertiary/aromatic N) is 1. The van der Waals surface area contributed by atoms with Gasteiger partial charge in [-0.15, -0.1) is 0 Å². The molecular formula is C15H11F3N2. The lowest BCUT2D eigenvalue weighted by Crippen LogP contribution is -2.03. The van der Waals surface area contributed by atoms with Crippen LogP contribution in [-0.4, -0.2) is 0 Å². The molecule has 5 heteroatoms. The van der Waals surface area contributed by atoms with Crippen LogP contribution < -0.4 is 5.32 Å². The van der Waals surface area contributed by atoms with Gasteiger partial charge >= 0.3 is 0 Å². The zero-order valence-electron chi connectivity index (χ0n) is 10.7. The van der Waals surface area contributed by atoms with Gasteiger partial charge in [-0.25, -0.2) is 13.2 Å². The Labute approximate surface area is 114 Å². The Morgan fingerprint density at radius 2 is 1.75 bits per heavy atom. The van der Waals surface area contributed by atoms with Gasteiger partial charge in [-0.1, -0.05) is 6.07 Å². The lowest BCUT2D eigenvalue weighted by atomic mass is 10.1. The van der Waals surface area contributed by atoms with Crippen LogP contribution in [-0.2, 0) is 6.54 Å². The molecule has 0 aliphatic heterocycles. The Kier molecular flexibility index (Phi) is 3.94. The van der Waals surface area contributed by atoms with E-state index in [-0.39, 0.29) is 5.69 Å². The molecule has 0 fully saturated rings. The molecule has 2 aromatic rings. The standard InChI is InChI=1S/C15H11F3N2/c1-9-4-10(7-19)2-3-11(9)8-20-12-5-13(16)15(18)14(17)6-12/h2-6,20H,8H2,1H3. The monoisotopic (exact) mass is 276 g/mol. The van der Waals surface area contributed by atoms with E-state index in [0.717, 1.165) is 23.3 Å². The second-order valence-corrected chi connectivity index (χ2v) is 4.36. The maximum absolute atomic E-state index is 13.1. The van der Waals surface area contributed by atoms with Gasteiger partial charge in [0.05, 0.1) is 11.6 Å². The molecule has 2 aromatic carbocycles. The van der Waals surface area contributed by atoms with Crippen molar-refractivity contribution in [2.45, 2.75) is 13.5 Å². The summed E-state index contributed by atoms with van der Waals surface area (Å²) in [4.78, 5) is 0. The van der Waals surface area contributed by atoms with Crippen molar-refractivity contribution >= 4 is 5.69 Å². The van der Waals surface area contributed by atoms with E-state index in [0.29, 0.717) is 12.1 Å². The number of anilines is 1. The average molecular weight is 276 g/mol. The van der Waals surface area contributed by atoms with Gasteiger partial charge in [-0.3, -0.25) is 0 Å². The molecule has 0 aliphatic rings. The largest absolute Gasteiger partial charge is 0.381 e. The normalized spacial score (nSPS) is 10.2. The lowest BCUT2D eigenvalue weighted by Gasteiger charge is -2.10. The molecule has 0 saturated heterocycles. The fourth-order valence-corrected chi connectivity index (χ4v) is 1.82. The van der Waals surface area contributed by atoms with Crippen molar-refractivity contribution in [3.63, 3.8) is 0 Å². The zero-order chi connectivity index (χ0) is 14.7. The van der Waals surface area contributed by atoms with E-state index in [1.54, 1.807) is 18.2 Å². The SMILES string of the molecule is Cc1cc(C#N)ccc1CNc1cc(F)c(F)c(F)c1. The minimum atomic E-state index is -1.48. The van der Waals surface area contributed by atoms with E-state index in [9.17, 15) is 13.2 Å². The van der Waals surface area contributed by atoms with Gasteiger partial charge in [-0.05, 0) is 30.2 Å². The third-order valence-electron chi connectivity index (χ3n) is 2.94. The van der Waals surface area contributed by atoms with Crippen LogP contribution in [0.15, 0.2) is 30.3 Å². The smallest absolute Gasteiger partial charge is 0.194 e. The highest BCUT2D eigenvalue weighted by atomic mass is 19.2. The van der Waals surface area contributed by atoms with E-state index in [1.165, 1.54) is 0 Å². The first-order valence-corrected chi connectivity index (χ1v) is 5.89. The second-order valence-electron chi connectivity index (χ2n) is 4.36. The third kappa shape index (κ3) is 2.91. The molecule has 102 valence electrons. The van der Waals surface area contributed by atoms with Gasteiger partial charge in [0.15, 0.2) is 17.5 Å². The Bertz CT molecular complexity index is 667. The summed E-state index contributed by atoms with van der Waals surface area (Å²) in [7, 11) is 0. The first-order chi connectivity index (χ1) is 9.51. The second kappa shape index (κ2) is 5.66. The number of benzene rings is 2. The quantitative estimate of drug-likeness (QED) is 0.863. The summed E-state index contributed by atoms with van der Waals surface area (Å²) in [5, 5.41) is 11.6. The summed E-state index contributed by atoms with van der Waals surface area (Å²) in [5.74, 6) is -3.95. The predicted molar refractivity (Wildman–Crippen MR) is 69.5 cm³/mol. The molecular weight excluding hydrogens is 265 g/mol. The van der Waals surface area contributed by atoms with Crippen molar-refractivity contribution in [3.8, 4) is 6.07 Å². The Morgan fingerprint density at radius 3 is 2.30 bits per heavy atom. The summed E-state index contributed by atoms with van der Waals surface area (Å²) in [6.07, 6.45) is 0. The van der Waals surface area contributed by atoms with Gasteiger partial charge in [0.2, 0.25) is 0 Å². The third-order valence-corrected chi connectivity index (χ3v) is 2.94. The Balaban J connectivity index is 2.15. The minimum Gasteiger partial charge on any atom is -0.381 e. The molecule has 0 aliphatic carbocycles. The molecule has 0 radical (unpaired) electrons. The highest BCUT2D eigenvalue weighted by molar-refractivity contribution is 5.46. The van der Waals surface area contributed by atoms with Crippen molar-refractivity contribution in [2.75, 3.05) is 5.32 Å². The van der Waals surface area contributed by atoms with Crippen LogP contribution in [0.1, 0.15) is 16.7 Å². The van der Waals surface area contributed by atoms with Crippen LogP contribution in [0, 0.1) is 35.7 Å². The van der Waals surface area contributed by atoms with Crippen LogP contribution in [0.3, 0.4) is 0 Å². The maximum Gasteiger partial charge on any atom is 0.194 e. The number of halogens is 3. The Hall–Kier alpha value is -2.48. The first kappa shape index (κ1) is 13.9. The summed E-state index contributed by atoms with van der Waals surface area (Å²) in [6, 6.07) is 8.98. The van der Waals surface area contributed by atoms with Crippen LogP contribution in [0.25, 0.3) is 0 Å². The number of rotatable bonds is 3. The molecule has 2 rings (SSSR count). The average Bonchev–Trinajstić information content (AvgIpc) is 2.43. The number of hydrogen-bond acceptors (Lipinski definition) is 2. The maximum atomic E-state index is 13.1.